The van der Waals surface area contributed by atoms with Crippen molar-refractivity contribution in [2.75, 3.05) is 144 Å². The number of hydrogen-bond acceptors (Lipinski definition) is 25. The van der Waals surface area contributed by atoms with Gasteiger partial charge in [-0.15, -0.1) is 0 Å². The molecule has 7 aliphatic heterocycles. The van der Waals surface area contributed by atoms with Crippen molar-refractivity contribution in [2.24, 2.45) is 0 Å². The van der Waals surface area contributed by atoms with Gasteiger partial charge in [-0.3, -0.25) is 14.6 Å². The van der Waals surface area contributed by atoms with Gasteiger partial charge in [-0.05, 0) is 140 Å². The minimum atomic E-state index is -4.93. The van der Waals surface area contributed by atoms with Crippen LogP contribution in [-0.2, 0) is 23.7 Å². The molecule has 0 atom stereocenters. The first-order valence-electron chi connectivity index (χ1n) is 37.1. The summed E-state index contributed by atoms with van der Waals surface area (Å²) in [6, 6.07) is 51.2. The first-order valence-corrected chi connectivity index (χ1v) is 37.1. The predicted molar refractivity (Wildman–Crippen MR) is 406 cm³/mol. The van der Waals surface area contributed by atoms with Gasteiger partial charge in [0.2, 0.25) is 0 Å². The number of nitrogens with zero attached hydrogens (tertiary/aromatic N) is 13. The van der Waals surface area contributed by atoms with Gasteiger partial charge in [-0.25, -0.2) is 29.9 Å². The van der Waals surface area contributed by atoms with Crippen molar-refractivity contribution >= 4 is 51.7 Å². The molecule has 0 aliphatic carbocycles. The van der Waals surface area contributed by atoms with Crippen LogP contribution in [-0.4, -0.2) is 200 Å². The number of hydrogen-bond donors (Lipinski definition) is 3. The van der Waals surface area contributed by atoms with Crippen molar-refractivity contribution < 1.29 is 55.9 Å². The molecule has 16 rings (SSSR count). The maximum Gasteiger partial charge on any atom is 0.454 e. The number of benzene rings is 6. The molecule has 3 N–H and O–H groups in total. The van der Waals surface area contributed by atoms with Crippen molar-refractivity contribution in [1.29, 1.82) is 15.8 Å². The second-order valence-corrected chi connectivity index (χ2v) is 27.4. The Balaban J connectivity index is 0.000000138. The molecule has 0 amide bonds. The molecule has 25 nitrogen and oxygen atoms in total. The number of alkyl halides is 3. The van der Waals surface area contributed by atoms with Gasteiger partial charge in [-0.1, -0.05) is 6.07 Å². The molecule has 3 aromatic heterocycles. The van der Waals surface area contributed by atoms with Crippen LogP contribution in [0.4, 0.5) is 59.1 Å². The van der Waals surface area contributed by atoms with Gasteiger partial charge in [0.25, 0.3) is 5.78 Å². The smallest absolute Gasteiger partial charge is 0.454 e. The van der Waals surface area contributed by atoms with Gasteiger partial charge in [0, 0.05) is 160 Å². The Labute approximate surface area is 635 Å². The van der Waals surface area contributed by atoms with Crippen molar-refractivity contribution in [1.82, 2.24) is 39.7 Å². The summed E-state index contributed by atoms with van der Waals surface area (Å²) >= 11 is 0. The van der Waals surface area contributed by atoms with Gasteiger partial charge in [-0.2, -0.15) is 29.0 Å². The summed E-state index contributed by atoms with van der Waals surface area (Å²) in [5, 5.41) is 38.8. The van der Waals surface area contributed by atoms with Crippen LogP contribution in [0.2, 0.25) is 0 Å². The number of halogens is 3. The number of ketones is 1. The summed E-state index contributed by atoms with van der Waals surface area (Å²) in [4.78, 5) is 48.2. The molecule has 7 fully saturated rings. The fourth-order valence-corrected chi connectivity index (χ4v) is 13.6. The van der Waals surface area contributed by atoms with E-state index >= 15 is 0 Å². The zero-order valence-electron chi connectivity index (χ0n) is 60.6. The summed E-state index contributed by atoms with van der Waals surface area (Å²) in [6.07, 6.45) is 5.03. The molecule has 110 heavy (non-hydrogen) atoms. The fourth-order valence-electron chi connectivity index (χ4n) is 13.6. The van der Waals surface area contributed by atoms with E-state index in [1.54, 1.807) is 48.8 Å². The maximum atomic E-state index is 12.6. The third-order valence-corrected chi connectivity index (χ3v) is 20.0. The van der Waals surface area contributed by atoms with E-state index in [0.29, 0.717) is 132 Å². The lowest BCUT2D eigenvalue weighted by molar-refractivity contribution is -0.0885. The molecule has 10 heterocycles. The molecule has 9 aromatic rings. The number of anilines is 8. The largest absolute Gasteiger partial charge is 0.489 e. The molecule has 7 saturated heterocycles. The average molecular weight is 1490 g/mol. The number of Topliss-reactive ketones (excluding diaryl/α,β-unsaturated/α-hetero) is 1. The van der Waals surface area contributed by atoms with Gasteiger partial charge in [0.1, 0.15) is 71.2 Å². The van der Waals surface area contributed by atoms with Crippen LogP contribution in [0.1, 0.15) is 65.6 Å². The fraction of sp³-hybridized carbons (Fsp3) is 0.366. The Bertz CT molecular complexity index is 4730. The van der Waals surface area contributed by atoms with Crippen molar-refractivity contribution in [3.05, 3.63) is 186 Å². The number of carbonyl (C=O) groups excluding carboxylic acids is 1. The standard InChI is InChI=1S/2C29H32N6O3.C24H19F3N4O3/c30-18-22-17-21(1-6-27(22)38-26-8-15-36-16-9-26)29-31-10-7-28(33-29)32-23-2-4-24(5-3-23)34-11-13-35(14-12-34)25-19-37-20-25;30-18-22-16-21(4-5-27(22)38-26-7-14-36-15-8-26)29-31-9-6-28(33-29)32-23-2-1-3-24(17-23)34-10-12-35(13-11-34)25-19-37-20-25;25-24(26,27)22(32)15-1-4-18(5-2-15)30-21-7-10-29-23(31-21)16-3-6-20(17(13-16)14-28)34-19-8-11-33-12-9-19/h1-7,10,17,25-26H,8-9,11-16,19-20H2,(H,31,32,33);1-6,9,16-17,25-26H,7-8,10-15,19-20H2,(H,31,32,33);1-7,10,13,19H,8-9,11-12H2,(H,29,30,31). The number of rotatable bonds is 20. The lowest BCUT2D eigenvalue weighted by Gasteiger charge is -2.43. The van der Waals surface area contributed by atoms with E-state index in [1.807, 2.05) is 42.5 Å². The highest BCUT2D eigenvalue weighted by Crippen LogP contribution is 2.34. The number of carbonyl (C=O) groups is 1. The highest BCUT2D eigenvalue weighted by Gasteiger charge is 2.39. The first kappa shape index (κ1) is 75.4. The van der Waals surface area contributed by atoms with E-state index in [-0.39, 0.29) is 18.3 Å². The van der Waals surface area contributed by atoms with Gasteiger partial charge in [0.05, 0.1) is 94.8 Å². The monoisotopic (exact) mass is 1490 g/mol. The van der Waals surface area contributed by atoms with E-state index in [1.165, 1.54) is 29.7 Å². The van der Waals surface area contributed by atoms with Crippen molar-refractivity contribution in [2.45, 2.75) is 75.1 Å². The van der Waals surface area contributed by atoms with Crippen LogP contribution in [0.5, 0.6) is 17.2 Å². The lowest BCUT2D eigenvalue weighted by atomic mass is 10.1. The zero-order chi connectivity index (χ0) is 75.6. The first-order chi connectivity index (χ1) is 53.8. The number of ether oxygens (including phenoxy) is 8. The SMILES string of the molecule is N#Cc1cc(-c2nccc(Nc3ccc(C(=O)C(F)(F)F)cc3)n2)ccc1OC1CCOCC1.N#Cc1cc(-c2nccc(Nc3ccc(N4CCN(C5COC5)CC4)cc3)n2)ccc1OC1CCOCC1.N#Cc1cc(-c2nccc(Nc3cccc(N4CCN(C5COC5)CC4)c3)n2)ccc1OC1CCOCC1. The number of nitriles is 3. The minimum absolute atomic E-state index is 0.00621. The highest BCUT2D eigenvalue weighted by atomic mass is 19.4. The molecule has 0 unspecified atom stereocenters. The lowest BCUT2D eigenvalue weighted by Crippen LogP contribution is -2.56. The van der Waals surface area contributed by atoms with Gasteiger partial charge in [0.15, 0.2) is 17.5 Å². The Hall–Kier alpha value is -11.4. The van der Waals surface area contributed by atoms with Crippen LogP contribution in [0.3, 0.4) is 0 Å². The van der Waals surface area contributed by atoms with Crippen LogP contribution in [0.25, 0.3) is 34.2 Å². The Kier molecular flexibility index (Phi) is 24.8. The molecule has 0 saturated carbocycles. The predicted octanol–water partition coefficient (Wildman–Crippen LogP) is 12.7. The third-order valence-electron chi connectivity index (χ3n) is 20.0. The molecule has 7 aliphatic rings. The van der Waals surface area contributed by atoms with Crippen LogP contribution in [0, 0.1) is 34.0 Å². The topological polar surface area (TPSA) is 289 Å². The van der Waals surface area contributed by atoms with Gasteiger partial charge < -0.3 is 63.6 Å². The maximum absolute atomic E-state index is 12.6. The minimum Gasteiger partial charge on any atom is -0.489 e. The molecule has 0 bridgehead atoms. The highest BCUT2D eigenvalue weighted by molar-refractivity contribution is 6.00. The normalized spacial score (nSPS) is 17.5. The zero-order valence-corrected chi connectivity index (χ0v) is 60.6. The quantitative estimate of drug-likeness (QED) is 0.0597. The molecule has 6 aromatic carbocycles. The summed E-state index contributed by atoms with van der Waals surface area (Å²) in [7, 11) is 0. The molecule has 0 spiro atoms. The molecule has 0 radical (unpaired) electrons. The van der Waals surface area contributed by atoms with Crippen LogP contribution in [0.15, 0.2) is 164 Å². The van der Waals surface area contributed by atoms with Crippen LogP contribution < -0.4 is 40.0 Å². The summed E-state index contributed by atoms with van der Waals surface area (Å²) < 4.78 is 82.7. The molecular weight excluding hydrogens is 1410 g/mol. The van der Waals surface area contributed by atoms with Crippen LogP contribution >= 0.6 is 0 Å². The average Bonchev–Trinajstić information content (AvgIpc) is 0.832. The molecule has 28 heteroatoms. The van der Waals surface area contributed by atoms with E-state index in [9.17, 15) is 33.8 Å². The summed E-state index contributed by atoms with van der Waals surface area (Å²) in [5.74, 6) is 3.01. The van der Waals surface area contributed by atoms with E-state index in [0.717, 1.165) is 152 Å². The third kappa shape index (κ3) is 19.7. The Morgan fingerprint density at radius 2 is 0.782 bits per heavy atom. The molecular formula is C82H83F3N16O9. The Morgan fingerprint density at radius 1 is 0.418 bits per heavy atom. The van der Waals surface area contributed by atoms with Crippen molar-refractivity contribution in [3.63, 3.8) is 0 Å². The van der Waals surface area contributed by atoms with Gasteiger partial charge >= 0.3 is 6.18 Å². The Morgan fingerprint density at radius 3 is 1.14 bits per heavy atom. The number of piperazine rings is 2. The second-order valence-electron chi connectivity index (χ2n) is 27.4. The second kappa shape index (κ2) is 36.2. The number of aromatic nitrogens is 6. The molecule has 566 valence electrons. The summed E-state index contributed by atoms with van der Waals surface area (Å²) in [6.45, 7) is 15.8. The van der Waals surface area contributed by atoms with Crippen molar-refractivity contribution in [3.8, 4) is 69.6 Å². The van der Waals surface area contributed by atoms with E-state index < -0.39 is 17.5 Å². The van der Waals surface area contributed by atoms with E-state index in [2.05, 4.69) is 116 Å². The summed E-state index contributed by atoms with van der Waals surface area (Å²) in [5.41, 5.74) is 7.82. The number of nitrogens with one attached hydrogen (secondary N) is 3. The van der Waals surface area contributed by atoms with E-state index in [4.69, 9.17) is 47.9 Å².